The number of carbonyl (C=O) groups excluding carboxylic acids is 1. The van der Waals surface area contributed by atoms with E-state index in [2.05, 4.69) is 10.5 Å². The summed E-state index contributed by atoms with van der Waals surface area (Å²) < 4.78 is 15.5. The fraction of sp³-hybridized carbons (Fsp3) is 0.125. The quantitative estimate of drug-likeness (QED) is 0.664. The van der Waals surface area contributed by atoms with Gasteiger partial charge in [-0.05, 0) is 36.4 Å². The van der Waals surface area contributed by atoms with Gasteiger partial charge in [0.25, 0.3) is 5.91 Å². The van der Waals surface area contributed by atoms with Gasteiger partial charge in [-0.1, -0.05) is 0 Å². The van der Waals surface area contributed by atoms with Crippen LogP contribution >= 0.6 is 0 Å². The molecule has 1 heterocycles. The molecule has 0 aliphatic carbocycles. The number of amides is 1. The average Bonchev–Trinajstić information content (AvgIpc) is 3.04. The molecular formula is C16H14N2O5. The SMILES string of the molecule is COc1ccc(O)c(/C=N/NC(=O)c2ccc3c(c2)OCO3)c1. The van der Waals surface area contributed by atoms with Crippen LogP contribution in [0.4, 0.5) is 0 Å². The Labute approximate surface area is 132 Å². The second-order valence-corrected chi connectivity index (χ2v) is 4.69. The Kier molecular flexibility index (Phi) is 4.01. The maximum Gasteiger partial charge on any atom is 0.271 e. The Morgan fingerprint density at radius 1 is 1.26 bits per heavy atom. The summed E-state index contributed by atoms with van der Waals surface area (Å²) in [5.74, 6) is 1.33. The number of phenols is 1. The Balaban J connectivity index is 1.69. The van der Waals surface area contributed by atoms with E-state index in [0.717, 1.165) is 0 Å². The zero-order valence-electron chi connectivity index (χ0n) is 12.3. The molecule has 23 heavy (non-hydrogen) atoms. The number of benzene rings is 2. The molecule has 2 aromatic rings. The molecule has 3 rings (SSSR count). The number of hydrogen-bond donors (Lipinski definition) is 2. The number of nitrogens with one attached hydrogen (secondary N) is 1. The Hall–Kier alpha value is -3.22. The van der Waals surface area contributed by atoms with Gasteiger partial charge in [0.05, 0.1) is 13.3 Å². The summed E-state index contributed by atoms with van der Waals surface area (Å²) in [5.41, 5.74) is 3.20. The van der Waals surface area contributed by atoms with Gasteiger partial charge < -0.3 is 19.3 Å². The van der Waals surface area contributed by atoms with Crippen molar-refractivity contribution >= 4 is 12.1 Å². The molecule has 0 radical (unpaired) electrons. The lowest BCUT2D eigenvalue weighted by molar-refractivity contribution is 0.0954. The first-order valence-corrected chi connectivity index (χ1v) is 6.77. The van der Waals surface area contributed by atoms with E-state index in [-0.39, 0.29) is 12.5 Å². The highest BCUT2D eigenvalue weighted by Gasteiger charge is 2.15. The van der Waals surface area contributed by atoms with Gasteiger partial charge in [-0.2, -0.15) is 5.10 Å². The van der Waals surface area contributed by atoms with Gasteiger partial charge in [0.2, 0.25) is 6.79 Å². The second-order valence-electron chi connectivity index (χ2n) is 4.69. The topological polar surface area (TPSA) is 89.4 Å². The molecule has 2 N–H and O–H groups in total. The normalized spacial score (nSPS) is 12.4. The van der Waals surface area contributed by atoms with Crippen LogP contribution < -0.4 is 19.6 Å². The van der Waals surface area contributed by atoms with Crippen LogP contribution in [-0.2, 0) is 0 Å². The first-order chi connectivity index (χ1) is 11.2. The third-order valence-electron chi connectivity index (χ3n) is 3.24. The summed E-state index contributed by atoms with van der Waals surface area (Å²) in [7, 11) is 1.52. The van der Waals surface area contributed by atoms with Crippen molar-refractivity contribution in [2.45, 2.75) is 0 Å². The molecule has 118 valence electrons. The van der Waals surface area contributed by atoms with E-state index >= 15 is 0 Å². The van der Waals surface area contributed by atoms with Crippen molar-refractivity contribution in [2.75, 3.05) is 13.9 Å². The summed E-state index contributed by atoms with van der Waals surface area (Å²) in [4.78, 5) is 12.0. The zero-order valence-corrected chi connectivity index (χ0v) is 12.3. The van der Waals surface area contributed by atoms with Crippen LogP contribution in [0, 0.1) is 0 Å². The van der Waals surface area contributed by atoms with Gasteiger partial charge in [-0.3, -0.25) is 4.79 Å². The Morgan fingerprint density at radius 2 is 2.09 bits per heavy atom. The van der Waals surface area contributed by atoms with Crippen LogP contribution in [0.1, 0.15) is 15.9 Å². The number of nitrogens with zero attached hydrogens (tertiary/aromatic N) is 1. The largest absolute Gasteiger partial charge is 0.507 e. The third-order valence-corrected chi connectivity index (χ3v) is 3.24. The molecule has 0 saturated heterocycles. The number of phenolic OH excluding ortho intramolecular Hbond substituents is 1. The molecule has 0 unspecified atom stereocenters. The maximum atomic E-state index is 12.0. The van der Waals surface area contributed by atoms with Crippen LogP contribution in [-0.4, -0.2) is 31.1 Å². The minimum absolute atomic E-state index is 0.0341. The predicted octanol–water partition coefficient (Wildman–Crippen LogP) is 1.89. The van der Waals surface area contributed by atoms with Crippen LogP contribution in [0.3, 0.4) is 0 Å². The molecule has 7 nitrogen and oxygen atoms in total. The highest BCUT2D eigenvalue weighted by molar-refractivity contribution is 5.95. The van der Waals surface area contributed by atoms with Crippen molar-refractivity contribution < 1.29 is 24.1 Å². The summed E-state index contributed by atoms with van der Waals surface area (Å²) in [5, 5.41) is 13.6. The van der Waals surface area contributed by atoms with E-state index in [1.807, 2.05) is 0 Å². The second kappa shape index (κ2) is 6.27. The summed E-state index contributed by atoms with van der Waals surface area (Å²) in [6.45, 7) is 0.147. The van der Waals surface area contributed by atoms with Gasteiger partial charge in [0, 0.05) is 11.1 Å². The van der Waals surface area contributed by atoms with E-state index in [1.54, 1.807) is 30.3 Å². The van der Waals surface area contributed by atoms with Crippen molar-refractivity contribution in [1.29, 1.82) is 0 Å². The molecule has 0 bridgehead atoms. The lowest BCUT2D eigenvalue weighted by Gasteiger charge is -2.04. The molecule has 0 spiro atoms. The molecule has 0 saturated carbocycles. The van der Waals surface area contributed by atoms with Crippen LogP contribution in [0.5, 0.6) is 23.0 Å². The van der Waals surface area contributed by atoms with Crippen molar-refractivity contribution in [3.63, 3.8) is 0 Å². The lowest BCUT2D eigenvalue weighted by Crippen LogP contribution is -2.17. The molecule has 1 aliphatic rings. The van der Waals surface area contributed by atoms with Crippen LogP contribution in [0.2, 0.25) is 0 Å². The van der Waals surface area contributed by atoms with E-state index < -0.39 is 5.91 Å². The number of rotatable bonds is 4. The minimum atomic E-state index is -0.401. The molecule has 1 amide bonds. The molecule has 2 aromatic carbocycles. The number of aromatic hydroxyl groups is 1. The summed E-state index contributed by atoms with van der Waals surface area (Å²) in [6.07, 6.45) is 1.34. The first-order valence-electron chi connectivity index (χ1n) is 6.77. The molecule has 1 aliphatic heterocycles. The van der Waals surface area contributed by atoms with E-state index in [4.69, 9.17) is 14.2 Å². The van der Waals surface area contributed by atoms with E-state index in [9.17, 15) is 9.90 Å². The summed E-state index contributed by atoms with van der Waals surface area (Å²) in [6, 6.07) is 9.57. The smallest absolute Gasteiger partial charge is 0.271 e. The standard InChI is InChI=1S/C16H14N2O5/c1-21-12-3-4-13(19)11(6-12)8-17-18-16(20)10-2-5-14-15(7-10)23-9-22-14/h2-8,19H,9H2,1H3,(H,18,20)/b17-8+. The van der Waals surface area contributed by atoms with E-state index in [1.165, 1.54) is 19.4 Å². The average molecular weight is 314 g/mol. The number of hydrazone groups is 1. The summed E-state index contributed by atoms with van der Waals surface area (Å²) >= 11 is 0. The monoisotopic (exact) mass is 314 g/mol. The predicted molar refractivity (Wildman–Crippen MR) is 82.3 cm³/mol. The van der Waals surface area contributed by atoms with E-state index in [0.29, 0.717) is 28.4 Å². The van der Waals surface area contributed by atoms with Gasteiger partial charge in [0.15, 0.2) is 11.5 Å². The minimum Gasteiger partial charge on any atom is -0.507 e. The fourth-order valence-corrected chi connectivity index (χ4v) is 2.03. The van der Waals surface area contributed by atoms with Gasteiger partial charge in [-0.25, -0.2) is 5.43 Å². The first kappa shape index (κ1) is 14.7. The number of hydrogen-bond acceptors (Lipinski definition) is 6. The Morgan fingerprint density at radius 3 is 2.91 bits per heavy atom. The number of methoxy groups -OCH3 is 1. The molecular weight excluding hydrogens is 300 g/mol. The zero-order chi connectivity index (χ0) is 16.2. The van der Waals surface area contributed by atoms with Crippen molar-refractivity contribution in [3.05, 3.63) is 47.5 Å². The maximum absolute atomic E-state index is 12.0. The fourth-order valence-electron chi connectivity index (χ4n) is 2.03. The Bertz CT molecular complexity index is 773. The highest BCUT2D eigenvalue weighted by Crippen LogP contribution is 2.32. The molecule has 7 heteroatoms. The number of fused-ring (bicyclic) bond motifs is 1. The van der Waals surface area contributed by atoms with Crippen molar-refractivity contribution in [3.8, 4) is 23.0 Å². The van der Waals surface area contributed by atoms with Crippen molar-refractivity contribution in [2.24, 2.45) is 5.10 Å². The number of ether oxygens (including phenoxy) is 3. The van der Waals surface area contributed by atoms with Gasteiger partial charge in [0.1, 0.15) is 11.5 Å². The van der Waals surface area contributed by atoms with Crippen LogP contribution in [0.15, 0.2) is 41.5 Å². The van der Waals surface area contributed by atoms with Crippen molar-refractivity contribution in [1.82, 2.24) is 5.43 Å². The highest BCUT2D eigenvalue weighted by atomic mass is 16.7. The van der Waals surface area contributed by atoms with Crippen LogP contribution in [0.25, 0.3) is 0 Å². The third kappa shape index (κ3) is 3.18. The van der Waals surface area contributed by atoms with Gasteiger partial charge >= 0.3 is 0 Å². The number of carbonyl (C=O) groups is 1. The molecule has 0 aromatic heterocycles. The molecule has 0 atom stereocenters. The lowest BCUT2D eigenvalue weighted by atomic mass is 10.2. The van der Waals surface area contributed by atoms with Gasteiger partial charge in [-0.15, -0.1) is 0 Å². The molecule has 0 fully saturated rings.